The highest BCUT2D eigenvalue weighted by molar-refractivity contribution is 6.12. The summed E-state index contributed by atoms with van der Waals surface area (Å²) < 4.78 is 0. The van der Waals surface area contributed by atoms with Gasteiger partial charge in [0.05, 0.1) is 16.8 Å². The molecule has 0 unspecified atom stereocenters. The second-order valence-corrected chi connectivity index (χ2v) is 5.00. The number of benzene rings is 2. The highest BCUT2D eigenvalue weighted by Gasteiger charge is 2.15. The zero-order valence-corrected chi connectivity index (χ0v) is 12.9. The van der Waals surface area contributed by atoms with E-state index < -0.39 is 5.91 Å². The number of rotatable bonds is 5. The highest BCUT2D eigenvalue weighted by atomic mass is 16.2. The predicted octanol–water partition coefficient (Wildman–Crippen LogP) is 2.47. The average Bonchev–Trinajstić information content (AvgIpc) is 2.54. The summed E-state index contributed by atoms with van der Waals surface area (Å²) in [4.78, 5) is 23.9. The third-order valence-electron chi connectivity index (χ3n) is 3.41. The summed E-state index contributed by atoms with van der Waals surface area (Å²) in [5.74, 6) is -0.971. The van der Waals surface area contributed by atoms with Crippen LogP contribution in [0.1, 0.15) is 33.2 Å². The minimum atomic E-state index is -0.607. The lowest BCUT2D eigenvalue weighted by Crippen LogP contribution is -2.19. The molecule has 2 aromatic rings. The van der Waals surface area contributed by atoms with Crippen LogP contribution in [0.4, 0.5) is 11.4 Å². The van der Waals surface area contributed by atoms with Crippen molar-refractivity contribution in [2.75, 3.05) is 17.7 Å². The number of anilines is 2. The van der Waals surface area contributed by atoms with E-state index in [1.807, 2.05) is 0 Å². The summed E-state index contributed by atoms with van der Waals surface area (Å²) in [6.45, 7) is 1.68. The highest BCUT2D eigenvalue weighted by Crippen LogP contribution is 2.21. The van der Waals surface area contributed by atoms with Crippen molar-refractivity contribution in [3.63, 3.8) is 0 Å². The summed E-state index contributed by atoms with van der Waals surface area (Å²) >= 11 is 0. The number of nitrogens with two attached hydrogens (primary N) is 1. The summed E-state index contributed by atoms with van der Waals surface area (Å²) in [5, 5.41) is 13.3. The molecule has 0 aliphatic rings. The van der Waals surface area contributed by atoms with Crippen molar-refractivity contribution in [3.05, 3.63) is 59.2 Å². The lowest BCUT2D eigenvalue weighted by atomic mass is 10.0. The minimum absolute atomic E-state index is 0.249. The molecule has 2 rings (SSSR count). The van der Waals surface area contributed by atoms with Crippen LogP contribution in [-0.2, 0) is 0 Å². The van der Waals surface area contributed by atoms with Crippen LogP contribution in [0.25, 0.3) is 0 Å². The summed E-state index contributed by atoms with van der Waals surface area (Å²) in [6.07, 6.45) is 0. The Labute approximate surface area is 134 Å². The molecule has 0 atom stereocenters. The van der Waals surface area contributed by atoms with Crippen LogP contribution in [-0.4, -0.2) is 24.6 Å². The number of para-hydroxylation sites is 1. The second-order valence-electron chi connectivity index (χ2n) is 5.00. The molecule has 2 aromatic carbocycles. The summed E-state index contributed by atoms with van der Waals surface area (Å²) in [7, 11) is 1.70. The van der Waals surface area contributed by atoms with Crippen molar-refractivity contribution < 1.29 is 9.59 Å². The fourth-order valence-corrected chi connectivity index (χ4v) is 2.18. The Morgan fingerprint density at radius 2 is 1.74 bits per heavy atom. The topological polar surface area (TPSA) is 108 Å². The Morgan fingerprint density at radius 1 is 1.04 bits per heavy atom. The fourth-order valence-electron chi connectivity index (χ4n) is 2.18. The maximum absolute atomic E-state index is 12.5. The molecule has 2 amide bonds. The van der Waals surface area contributed by atoms with Gasteiger partial charge in [0.1, 0.15) is 0 Å². The van der Waals surface area contributed by atoms with Gasteiger partial charge >= 0.3 is 0 Å². The van der Waals surface area contributed by atoms with Crippen molar-refractivity contribution in [3.8, 4) is 0 Å². The molecule has 0 aliphatic carbocycles. The van der Waals surface area contributed by atoms with Crippen LogP contribution in [0.15, 0.2) is 42.5 Å². The Bertz CT molecular complexity index is 784. The molecule has 0 saturated carbocycles. The first-order valence-corrected chi connectivity index (χ1v) is 7.01. The number of hydrogen-bond donors (Lipinski definition) is 4. The van der Waals surface area contributed by atoms with Gasteiger partial charge in [0, 0.05) is 18.4 Å². The molecular formula is C17H18N4O2. The predicted molar refractivity (Wildman–Crippen MR) is 91.4 cm³/mol. The van der Waals surface area contributed by atoms with E-state index in [1.165, 1.54) is 0 Å². The Morgan fingerprint density at radius 3 is 2.35 bits per heavy atom. The molecule has 6 nitrogen and oxygen atoms in total. The van der Waals surface area contributed by atoms with E-state index >= 15 is 0 Å². The third kappa shape index (κ3) is 3.55. The molecular weight excluding hydrogens is 292 g/mol. The quantitative estimate of drug-likeness (QED) is 0.637. The van der Waals surface area contributed by atoms with Gasteiger partial charge in [-0.1, -0.05) is 18.2 Å². The molecule has 0 radical (unpaired) electrons. The van der Waals surface area contributed by atoms with Crippen LogP contribution in [0.2, 0.25) is 0 Å². The monoisotopic (exact) mass is 310 g/mol. The van der Waals surface area contributed by atoms with Gasteiger partial charge in [-0.05, 0) is 36.8 Å². The Balaban J connectivity index is 2.35. The van der Waals surface area contributed by atoms with Crippen LogP contribution >= 0.6 is 0 Å². The summed E-state index contributed by atoms with van der Waals surface area (Å²) in [6, 6.07) is 11.6. The maximum atomic E-state index is 12.5. The molecule has 0 spiro atoms. The van der Waals surface area contributed by atoms with Gasteiger partial charge in [0.25, 0.3) is 11.8 Å². The van der Waals surface area contributed by atoms with E-state index in [0.717, 1.165) is 5.56 Å². The van der Waals surface area contributed by atoms with Gasteiger partial charge in [-0.3, -0.25) is 9.59 Å². The summed E-state index contributed by atoms with van der Waals surface area (Å²) in [5.41, 5.74) is 8.07. The lowest BCUT2D eigenvalue weighted by molar-refractivity contribution is 0.100. The van der Waals surface area contributed by atoms with Crippen molar-refractivity contribution in [2.45, 2.75) is 6.92 Å². The van der Waals surface area contributed by atoms with Crippen LogP contribution < -0.4 is 16.4 Å². The smallest absolute Gasteiger partial charge is 0.257 e. The first kappa shape index (κ1) is 16.2. The number of carbonyl (C=O) groups excluding carboxylic acids is 2. The van der Waals surface area contributed by atoms with Gasteiger partial charge in [-0.2, -0.15) is 0 Å². The molecule has 0 aliphatic heterocycles. The zero-order chi connectivity index (χ0) is 17.0. The van der Waals surface area contributed by atoms with Crippen molar-refractivity contribution >= 4 is 28.9 Å². The lowest BCUT2D eigenvalue weighted by Gasteiger charge is -2.13. The van der Waals surface area contributed by atoms with E-state index in [-0.39, 0.29) is 11.5 Å². The van der Waals surface area contributed by atoms with Gasteiger partial charge in [0.2, 0.25) is 0 Å². The van der Waals surface area contributed by atoms with Gasteiger partial charge in [0.15, 0.2) is 0 Å². The number of amides is 2. The number of nitrogens with one attached hydrogen (secondary N) is 3. The zero-order valence-electron chi connectivity index (χ0n) is 12.9. The first-order valence-electron chi connectivity index (χ1n) is 7.01. The molecule has 0 heterocycles. The van der Waals surface area contributed by atoms with E-state index in [1.54, 1.807) is 56.4 Å². The van der Waals surface area contributed by atoms with Gasteiger partial charge in [-0.15, -0.1) is 0 Å². The largest absolute Gasteiger partial charge is 0.387 e. The van der Waals surface area contributed by atoms with Crippen molar-refractivity contribution in [1.29, 1.82) is 5.41 Å². The SMILES string of the molecule is CNc1cc(C(C)=N)ccc1C(=O)Nc1ccccc1C(N)=O. The van der Waals surface area contributed by atoms with E-state index in [9.17, 15) is 9.59 Å². The second kappa shape index (κ2) is 6.74. The Hall–Kier alpha value is -3.15. The number of primary amides is 1. The molecule has 23 heavy (non-hydrogen) atoms. The fraction of sp³-hybridized carbons (Fsp3) is 0.118. The molecule has 0 aromatic heterocycles. The molecule has 118 valence electrons. The minimum Gasteiger partial charge on any atom is -0.387 e. The van der Waals surface area contributed by atoms with E-state index in [2.05, 4.69) is 10.6 Å². The Kier molecular flexibility index (Phi) is 4.75. The normalized spacial score (nSPS) is 10.0. The molecule has 6 heteroatoms. The van der Waals surface area contributed by atoms with E-state index in [0.29, 0.717) is 22.6 Å². The van der Waals surface area contributed by atoms with Crippen LogP contribution in [0.3, 0.4) is 0 Å². The standard InChI is InChI=1S/C17H18N4O2/c1-10(18)11-7-8-13(15(9-11)20-2)17(23)21-14-6-4-3-5-12(14)16(19)22/h3-9,18,20H,1-2H3,(H2,19,22)(H,21,23). The molecule has 0 fully saturated rings. The number of hydrogen-bond acceptors (Lipinski definition) is 4. The third-order valence-corrected chi connectivity index (χ3v) is 3.41. The molecule has 5 N–H and O–H groups in total. The van der Waals surface area contributed by atoms with Crippen molar-refractivity contribution in [2.24, 2.45) is 5.73 Å². The first-order chi connectivity index (χ1) is 10.9. The van der Waals surface area contributed by atoms with Crippen LogP contribution in [0, 0.1) is 5.41 Å². The van der Waals surface area contributed by atoms with Crippen LogP contribution in [0.5, 0.6) is 0 Å². The average molecular weight is 310 g/mol. The maximum Gasteiger partial charge on any atom is 0.257 e. The van der Waals surface area contributed by atoms with Gasteiger partial charge in [-0.25, -0.2) is 0 Å². The number of carbonyl (C=O) groups is 2. The van der Waals surface area contributed by atoms with Gasteiger partial charge < -0.3 is 21.8 Å². The van der Waals surface area contributed by atoms with E-state index in [4.69, 9.17) is 11.1 Å². The molecule has 0 saturated heterocycles. The van der Waals surface area contributed by atoms with Crippen molar-refractivity contribution in [1.82, 2.24) is 0 Å². The molecule has 0 bridgehead atoms.